The van der Waals surface area contributed by atoms with Gasteiger partial charge in [-0.05, 0) is 40.9 Å². The van der Waals surface area contributed by atoms with E-state index in [0.717, 1.165) is 32.1 Å². The molecule has 0 aromatic heterocycles. The van der Waals surface area contributed by atoms with Gasteiger partial charge in [0.05, 0.1) is 23.2 Å². The first-order valence-electron chi connectivity index (χ1n) is 7.12. The number of carbonyl (C=O) groups is 1. The molecule has 3 N–H and O–H groups in total. The maximum atomic E-state index is 12.5. The lowest BCUT2D eigenvalue weighted by Crippen LogP contribution is -2.37. The van der Waals surface area contributed by atoms with Crippen LogP contribution in [0.5, 0.6) is 5.75 Å². The van der Waals surface area contributed by atoms with Crippen molar-refractivity contribution in [3.8, 4) is 5.75 Å². The first-order chi connectivity index (χ1) is 10.0. The average molecular weight is 376 g/mol. The van der Waals surface area contributed by atoms with Gasteiger partial charge in [0.25, 0.3) is 0 Å². The van der Waals surface area contributed by atoms with E-state index in [9.17, 15) is 4.79 Å². The maximum Gasteiger partial charge on any atom is 0.229 e. The molecule has 1 amide bonds. The Labute approximate surface area is 138 Å². The highest BCUT2D eigenvalue weighted by molar-refractivity contribution is 9.10. The molecule has 116 valence electrons. The third kappa shape index (κ3) is 4.11. The topological polar surface area (TPSA) is 64.3 Å². The number of hydrogen-bond acceptors (Lipinski definition) is 3. The Bertz CT molecular complexity index is 525. The molecular weight excluding hydrogens is 356 g/mol. The summed E-state index contributed by atoms with van der Waals surface area (Å²) in [5.41, 5.74) is 6.70. The van der Waals surface area contributed by atoms with Crippen LogP contribution in [0.2, 0.25) is 5.02 Å². The molecule has 1 saturated carbocycles. The van der Waals surface area contributed by atoms with E-state index < -0.39 is 0 Å². The minimum absolute atomic E-state index is 0.0585. The molecule has 1 aromatic carbocycles. The highest BCUT2D eigenvalue weighted by atomic mass is 79.9. The predicted octanol–water partition coefficient (Wildman–Crippen LogP) is 3.96. The van der Waals surface area contributed by atoms with Gasteiger partial charge in [-0.2, -0.15) is 0 Å². The van der Waals surface area contributed by atoms with Gasteiger partial charge in [-0.25, -0.2) is 0 Å². The van der Waals surface area contributed by atoms with Crippen molar-refractivity contribution in [1.82, 2.24) is 0 Å². The standard InChI is InChI=1S/C15H20BrClN2O2/c1-21-14-11(16)7-9(17)8-13(14)19-15(20)10-5-3-2-4-6-12(10)18/h7-8,10,12H,2-6,18H2,1H3,(H,19,20). The van der Waals surface area contributed by atoms with Crippen LogP contribution in [0.4, 0.5) is 5.69 Å². The molecule has 1 aromatic rings. The molecular formula is C15H20BrClN2O2. The Balaban J connectivity index is 2.18. The summed E-state index contributed by atoms with van der Waals surface area (Å²) in [6.07, 6.45) is 5.01. The second-order valence-electron chi connectivity index (χ2n) is 5.37. The van der Waals surface area contributed by atoms with E-state index in [1.165, 1.54) is 0 Å². The van der Waals surface area contributed by atoms with Gasteiger partial charge in [-0.15, -0.1) is 0 Å². The number of carbonyl (C=O) groups excluding carboxylic acids is 1. The summed E-state index contributed by atoms with van der Waals surface area (Å²) in [4.78, 5) is 12.5. The minimum Gasteiger partial charge on any atom is -0.493 e. The summed E-state index contributed by atoms with van der Waals surface area (Å²) in [5.74, 6) is 0.349. The van der Waals surface area contributed by atoms with Crippen molar-refractivity contribution < 1.29 is 9.53 Å². The van der Waals surface area contributed by atoms with Crippen molar-refractivity contribution in [2.75, 3.05) is 12.4 Å². The lowest BCUT2D eigenvalue weighted by molar-refractivity contribution is -0.120. The van der Waals surface area contributed by atoms with Crippen LogP contribution in [-0.2, 0) is 4.79 Å². The van der Waals surface area contributed by atoms with E-state index >= 15 is 0 Å². The molecule has 0 radical (unpaired) electrons. The molecule has 4 nitrogen and oxygen atoms in total. The number of halogens is 2. The smallest absolute Gasteiger partial charge is 0.229 e. The molecule has 6 heteroatoms. The number of methoxy groups -OCH3 is 1. The Morgan fingerprint density at radius 1 is 1.38 bits per heavy atom. The Kier molecular flexibility index (Phi) is 5.90. The molecule has 2 rings (SSSR count). The minimum atomic E-state index is -0.157. The largest absolute Gasteiger partial charge is 0.493 e. The average Bonchev–Trinajstić information content (AvgIpc) is 2.63. The summed E-state index contributed by atoms with van der Waals surface area (Å²) in [6, 6.07) is 3.33. The second kappa shape index (κ2) is 7.47. The fourth-order valence-electron chi connectivity index (χ4n) is 2.75. The molecule has 1 aliphatic rings. The van der Waals surface area contributed by atoms with Crippen molar-refractivity contribution in [3.63, 3.8) is 0 Å². The van der Waals surface area contributed by atoms with Crippen molar-refractivity contribution in [1.29, 1.82) is 0 Å². The van der Waals surface area contributed by atoms with E-state index in [4.69, 9.17) is 22.1 Å². The van der Waals surface area contributed by atoms with Gasteiger partial charge in [-0.3, -0.25) is 4.79 Å². The Morgan fingerprint density at radius 2 is 2.10 bits per heavy atom. The number of benzene rings is 1. The SMILES string of the molecule is COc1c(Br)cc(Cl)cc1NC(=O)C1CCCCCC1N. The molecule has 21 heavy (non-hydrogen) atoms. The molecule has 2 atom stereocenters. The molecule has 0 aliphatic heterocycles. The van der Waals surface area contributed by atoms with Crippen molar-refractivity contribution in [3.05, 3.63) is 21.6 Å². The summed E-state index contributed by atoms with van der Waals surface area (Å²) in [5, 5.41) is 3.44. The van der Waals surface area contributed by atoms with E-state index in [1.807, 2.05) is 0 Å². The summed E-state index contributed by atoms with van der Waals surface area (Å²) in [7, 11) is 1.56. The number of nitrogens with one attached hydrogen (secondary N) is 1. The lowest BCUT2D eigenvalue weighted by Gasteiger charge is -2.21. The van der Waals surface area contributed by atoms with Crippen LogP contribution in [0, 0.1) is 5.92 Å². The molecule has 0 bridgehead atoms. The van der Waals surface area contributed by atoms with E-state index in [0.29, 0.717) is 20.9 Å². The highest BCUT2D eigenvalue weighted by Gasteiger charge is 2.27. The first-order valence-corrected chi connectivity index (χ1v) is 8.29. The Hall–Kier alpha value is -0.780. The third-order valence-electron chi connectivity index (χ3n) is 3.88. The molecule has 0 heterocycles. The predicted molar refractivity (Wildman–Crippen MR) is 88.9 cm³/mol. The molecule has 0 spiro atoms. The third-order valence-corrected chi connectivity index (χ3v) is 4.68. The van der Waals surface area contributed by atoms with Gasteiger partial charge in [-0.1, -0.05) is 30.9 Å². The number of hydrogen-bond donors (Lipinski definition) is 2. The van der Waals surface area contributed by atoms with Crippen molar-refractivity contribution in [2.45, 2.75) is 38.1 Å². The van der Waals surface area contributed by atoms with Crippen molar-refractivity contribution in [2.24, 2.45) is 11.7 Å². The summed E-state index contributed by atoms with van der Waals surface area (Å²) >= 11 is 9.42. The van der Waals surface area contributed by atoms with Crippen molar-refractivity contribution >= 4 is 39.1 Å². The van der Waals surface area contributed by atoms with E-state index in [1.54, 1.807) is 19.2 Å². The molecule has 1 aliphatic carbocycles. The van der Waals surface area contributed by atoms with Gasteiger partial charge >= 0.3 is 0 Å². The van der Waals surface area contributed by atoms with Crippen LogP contribution in [0.3, 0.4) is 0 Å². The number of ether oxygens (including phenoxy) is 1. The van der Waals surface area contributed by atoms with E-state index in [2.05, 4.69) is 21.2 Å². The fraction of sp³-hybridized carbons (Fsp3) is 0.533. The number of anilines is 1. The highest BCUT2D eigenvalue weighted by Crippen LogP contribution is 2.37. The van der Waals surface area contributed by atoms with Crippen LogP contribution >= 0.6 is 27.5 Å². The van der Waals surface area contributed by atoms with Crippen LogP contribution < -0.4 is 15.8 Å². The lowest BCUT2D eigenvalue weighted by atomic mass is 9.94. The van der Waals surface area contributed by atoms with Gasteiger partial charge in [0.15, 0.2) is 5.75 Å². The normalized spacial score (nSPS) is 22.5. The maximum absolute atomic E-state index is 12.5. The number of rotatable bonds is 3. The second-order valence-corrected chi connectivity index (χ2v) is 6.66. The monoisotopic (exact) mass is 374 g/mol. The molecule has 0 saturated heterocycles. The van der Waals surface area contributed by atoms with Gasteiger partial charge in [0, 0.05) is 11.1 Å². The fourth-order valence-corrected chi connectivity index (χ4v) is 3.72. The number of amides is 1. The first kappa shape index (κ1) is 16.6. The quantitative estimate of drug-likeness (QED) is 0.786. The van der Waals surface area contributed by atoms with Crippen LogP contribution in [-0.4, -0.2) is 19.1 Å². The van der Waals surface area contributed by atoms with Gasteiger partial charge in [0.2, 0.25) is 5.91 Å². The number of nitrogens with two attached hydrogens (primary N) is 1. The Morgan fingerprint density at radius 3 is 2.81 bits per heavy atom. The van der Waals surface area contributed by atoms with Gasteiger partial charge < -0.3 is 15.8 Å². The molecule has 2 unspecified atom stereocenters. The zero-order chi connectivity index (χ0) is 15.4. The van der Waals surface area contributed by atoms with E-state index in [-0.39, 0.29) is 17.9 Å². The zero-order valence-corrected chi connectivity index (χ0v) is 14.3. The molecule has 1 fully saturated rings. The summed E-state index contributed by atoms with van der Waals surface area (Å²) < 4.78 is 6.03. The van der Waals surface area contributed by atoms with Crippen LogP contribution in [0.1, 0.15) is 32.1 Å². The summed E-state index contributed by atoms with van der Waals surface area (Å²) in [6.45, 7) is 0. The van der Waals surface area contributed by atoms with Gasteiger partial charge in [0.1, 0.15) is 0 Å². The zero-order valence-electron chi connectivity index (χ0n) is 12.0. The van der Waals surface area contributed by atoms with Crippen LogP contribution in [0.25, 0.3) is 0 Å². The van der Waals surface area contributed by atoms with Crippen LogP contribution in [0.15, 0.2) is 16.6 Å².